The Kier molecular flexibility index (Phi) is 4.70. The van der Waals surface area contributed by atoms with Crippen molar-refractivity contribution in [2.75, 3.05) is 5.32 Å². The molecule has 118 valence electrons. The molecule has 23 heavy (non-hydrogen) atoms. The van der Waals surface area contributed by atoms with Gasteiger partial charge in [-0.05, 0) is 24.6 Å². The van der Waals surface area contributed by atoms with Gasteiger partial charge in [-0.1, -0.05) is 24.3 Å². The predicted molar refractivity (Wildman–Crippen MR) is 83.6 cm³/mol. The van der Waals surface area contributed by atoms with Gasteiger partial charge in [0.25, 0.3) is 5.69 Å². The van der Waals surface area contributed by atoms with Gasteiger partial charge in [0.1, 0.15) is 0 Å². The molecule has 0 saturated carbocycles. The standard InChI is InChI=1S/C16H14N2O5/c1-10-6-7-12(16(20)21)8-13(10)17-15(19)9-11-4-2-3-5-14(11)18(22)23/h2-8H,9H2,1H3,(H,17,19)(H,20,21). The minimum absolute atomic E-state index is 0.0524. The van der Waals surface area contributed by atoms with Gasteiger partial charge in [0.05, 0.1) is 16.9 Å². The number of carboxylic acids is 1. The van der Waals surface area contributed by atoms with Crippen molar-refractivity contribution in [3.8, 4) is 0 Å². The minimum Gasteiger partial charge on any atom is -0.478 e. The third-order valence-electron chi connectivity index (χ3n) is 3.30. The second kappa shape index (κ2) is 6.69. The number of hydrogen-bond acceptors (Lipinski definition) is 4. The topological polar surface area (TPSA) is 110 Å². The summed E-state index contributed by atoms with van der Waals surface area (Å²) in [6.45, 7) is 1.73. The third kappa shape index (κ3) is 3.91. The summed E-state index contributed by atoms with van der Waals surface area (Å²) in [6.07, 6.45) is -0.173. The molecule has 2 aromatic rings. The van der Waals surface area contributed by atoms with Crippen LogP contribution in [0, 0.1) is 17.0 Å². The molecule has 2 N–H and O–H groups in total. The number of nitro groups is 1. The molecule has 0 spiro atoms. The first-order valence-corrected chi connectivity index (χ1v) is 6.74. The maximum absolute atomic E-state index is 12.1. The lowest BCUT2D eigenvalue weighted by Gasteiger charge is -2.09. The van der Waals surface area contributed by atoms with Crippen LogP contribution in [0.25, 0.3) is 0 Å². The van der Waals surface area contributed by atoms with Crippen molar-refractivity contribution in [1.82, 2.24) is 0 Å². The fourth-order valence-electron chi connectivity index (χ4n) is 2.10. The van der Waals surface area contributed by atoms with Gasteiger partial charge in [0.2, 0.25) is 5.91 Å². The molecular weight excluding hydrogens is 300 g/mol. The average molecular weight is 314 g/mol. The van der Waals surface area contributed by atoms with Crippen molar-refractivity contribution < 1.29 is 19.6 Å². The highest BCUT2D eigenvalue weighted by molar-refractivity contribution is 5.96. The number of carboxylic acid groups (broad SMARTS) is 1. The molecule has 0 unspecified atom stereocenters. The summed E-state index contributed by atoms with van der Waals surface area (Å²) in [7, 11) is 0. The van der Waals surface area contributed by atoms with Gasteiger partial charge in [-0.25, -0.2) is 4.79 Å². The molecular formula is C16H14N2O5. The number of benzene rings is 2. The Morgan fingerprint density at radius 2 is 1.91 bits per heavy atom. The third-order valence-corrected chi connectivity index (χ3v) is 3.30. The summed E-state index contributed by atoms with van der Waals surface area (Å²) in [5.74, 6) is -1.55. The second-order valence-corrected chi connectivity index (χ2v) is 4.95. The van der Waals surface area contributed by atoms with E-state index in [1.165, 1.54) is 30.3 Å². The molecule has 2 rings (SSSR count). The maximum atomic E-state index is 12.1. The molecule has 0 aromatic heterocycles. The van der Waals surface area contributed by atoms with Gasteiger partial charge in [0, 0.05) is 17.3 Å². The lowest BCUT2D eigenvalue weighted by atomic mass is 10.1. The highest BCUT2D eigenvalue weighted by Crippen LogP contribution is 2.20. The summed E-state index contributed by atoms with van der Waals surface area (Å²) in [5.41, 5.74) is 1.29. The van der Waals surface area contributed by atoms with E-state index in [9.17, 15) is 19.7 Å². The summed E-state index contributed by atoms with van der Waals surface area (Å²) in [4.78, 5) is 33.5. The van der Waals surface area contributed by atoms with Crippen molar-refractivity contribution in [1.29, 1.82) is 0 Å². The molecule has 1 amide bonds. The molecule has 7 heteroatoms. The van der Waals surface area contributed by atoms with E-state index < -0.39 is 16.8 Å². The van der Waals surface area contributed by atoms with E-state index in [0.29, 0.717) is 16.8 Å². The SMILES string of the molecule is Cc1ccc(C(=O)O)cc1NC(=O)Cc1ccccc1[N+](=O)[O-]. The molecule has 0 saturated heterocycles. The number of carbonyl (C=O) groups is 2. The van der Waals surface area contributed by atoms with E-state index in [1.54, 1.807) is 19.1 Å². The lowest BCUT2D eigenvalue weighted by molar-refractivity contribution is -0.385. The van der Waals surface area contributed by atoms with Gasteiger partial charge in [-0.3, -0.25) is 14.9 Å². The van der Waals surface area contributed by atoms with Gasteiger partial charge < -0.3 is 10.4 Å². The van der Waals surface area contributed by atoms with E-state index in [0.717, 1.165) is 0 Å². The molecule has 0 bridgehead atoms. The fourth-order valence-corrected chi connectivity index (χ4v) is 2.10. The molecule has 0 aliphatic rings. The Morgan fingerprint density at radius 3 is 2.57 bits per heavy atom. The first kappa shape index (κ1) is 16.2. The van der Waals surface area contributed by atoms with Crippen LogP contribution in [0.3, 0.4) is 0 Å². The number of hydrogen-bond donors (Lipinski definition) is 2. The average Bonchev–Trinajstić information content (AvgIpc) is 2.49. The predicted octanol–water partition coefficient (Wildman–Crippen LogP) is 2.78. The van der Waals surface area contributed by atoms with Crippen molar-refractivity contribution >= 4 is 23.3 Å². The van der Waals surface area contributed by atoms with E-state index in [4.69, 9.17) is 5.11 Å². The lowest BCUT2D eigenvalue weighted by Crippen LogP contribution is -2.16. The van der Waals surface area contributed by atoms with E-state index >= 15 is 0 Å². The Hall–Kier alpha value is -3.22. The zero-order chi connectivity index (χ0) is 17.0. The second-order valence-electron chi connectivity index (χ2n) is 4.95. The van der Waals surface area contributed by atoms with Crippen LogP contribution < -0.4 is 5.32 Å². The molecule has 7 nitrogen and oxygen atoms in total. The quantitative estimate of drug-likeness (QED) is 0.651. The molecule has 0 radical (unpaired) electrons. The smallest absolute Gasteiger partial charge is 0.335 e. The van der Waals surface area contributed by atoms with Crippen LogP contribution >= 0.6 is 0 Å². The number of nitrogens with zero attached hydrogens (tertiary/aromatic N) is 1. The molecule has 0 atom stereocenters. The summed E-state index contributed by atoms with van der Waals surface area (Å²) in [6, 6.07) is 10.4. The van der Waals surface area contributed by atoms with Crippen LogP contribution in [0.15, 0.2) is 42.5 Å². The van der Waals surface area contributed by atoms with E-state index in [-0.39, 0.29) is 17.7 Å². The highest BCUT2D eigenvalue weighted by atomic mass is 16.6. The zero-order valence-electron chi connectivity index (χ0n) is 12.3. The normalized spacial score (nSPS) is 10.1. The zero-order valence-corrected chi connectivity index (χ0v) is 12.3. The van der Waals surface area contributed by atoms with Crippen molar-refractivity contribution in [3.05, 3.63) is 69.3 Å². The van der Waals surface area contributed by atoms with Crippen LogP contribution in [-0.2, 0) is 11.2 Å². The van der Waals surface area contributed by atoms with Gasteiger partial charge >= 0.3 is 5.97 Å². The molecule has 2 aromatic carbocycles. The number of nitro benzene ring substituents is 1. The number of carbonyl (C=O) groups excluding carboxylic acids is 1. The first-order valence-electron chi connectivity index (χ1n) is 6.74. The summed E-state index contributed by atoms with van der Waals surface area (Å²) >= 11 is 0. The molecule has 0 aliphatic heterocycles. The largest absolute Gasteiger partial charge is 0.478 e. The van der Waals surface area contributed by atoms with Crippen LogP contribution in [0.1, 0.15) is 21.5 Å². The molecule has 0 heterocycles. The van der Waals surface area contributed by atoms with Crippen molar-refractivity contribution in [3.63, 3.8) is 0 Å². The van der Waals surface area contributed by atoms with E-state index in [1.807, 2.05) is 0 Å². The number of amides is 1. The molecule has 0 aliphatic carbocycles. The number of rotatable bonds is 5. The number of nitrogens with one attached hydrogen (secondary N) is 1. The van der Waals surface area contributed by atoms with Gasteiger partial charge in [-0.2, -0.15) is 0 Å². The monoisotopic (exact) mass is 314 g/mol. The van der Waals surface area contributed by atoms with E-state index in [2.05, 4.69) is 5.32 Å². The van der Waals surface area contributed by atoms with Crippen LogP contribution in [-0.4, -0.2) is 21.9 Å². The highest BCUT2D eigenvalue weighted by Gasteiger charge is 2.16. The first-order chi connectivity index (χ1) is 10.9. The molecule has 0 fully saturated rings. The number of anilines is 1. The number of para-hydroxylation sites is 1. The number of aromatic carboxylic acids is 1. The fraction of sp³-hybridized carbons (Fsp3) is 0.125. The van der Waals surface area contributed by atoms with Gasteiger partial charge in [0.15, 0.2) is 0 Å². The van der Waals surface area contributed by atoms with Crippen molar-refractivity contribution in [2.45, 2.75) is 13.3 Å². The van der Waals surface area contributed by atoms with Crippen LogP contribution in [0.4, 0.5) is 11.4 Å². The van der Waals surface area contributed by atoms with Gasteiger partial charge in [-0.15, -0.1) is 0 Å². The Bertz CT molecular complexity index is 786. The van der Waals surface area contributed by atoms with Crippen LogP contribution in [0.5, 0.6) is 0 Å². The maximum Gasteiger partial charge on any atom is 0.335 e. The summed E-state index contributed by atoms with van der Waals surface area (Å²) in [5, 5.41) is 22.5. The minimum atomic E-state index is -1.10. The number of aryl methyl sites for hydroxylation is 1. The van der Waals surface area contributed by atoms with Crippen molar-refractivity contribution in [2.24, 2.45) is 0 Å². The Balaban J connectivity index is 2.19. The van der Waals surface area contributed by atoms with Crippen LogP contribution in [0.2, 0.25) is 0 Å². The Labute approximate surface area is 131 Å². The Morgan fingerprint density at radius 1 is 1.22 bits per heavy atom. The summed E-state index contributed by atoms with van der Waals surface area (Å²) < 4.78 is 0.